The van der Waals surface area contributed by atoms with Crippen LogP contribution in [-0.4, -0.2) is 26.6 Å². The Hall–Kier alpha value is -4.46. The van der Waals surface area contributed by atoms with E-state index in [1.165, 1.54) is 12.1 Å². The number of fused-ring (bicyclic) bond motifs is 2. The van der Waals surface area contributed by atoms with Crippen LogP contribution in [0, 0.1) is 10.1 Å². The number of amides is 1. The first kappa shape index (κ1) is 19.5. The molecule has 4 aromatic rings. The number of aromatic amines is 1. The van der Waals surface area contributed by atoms with Gasteiger partial charge in [-0.3, -0.25) is 14.9 Å². The zero-order valence-corrected chi connectivity index (χ0v) is 16.8. The van der Waals surface area contributed by atoms with Crippen LogP contribution in [0.4, 0.5) is 17.1 Å². The summed E-state index contributed by atoms with van der Waals surface area (Å²) in [6, 6.07) is 19.2. The fraction of sp³-hybridized carbons (Fsp3) is 0.0833. The second-order valence-corrected chi connectivity index (χ2v) is 7.55. The molecule has 0 unspecified atom stereocenters. The Morgan fingerprint density at radius 3 is 2.62 bits per heavy atom. The Kier molecular flexibility index (Phi) is 4.67. The molecule has 2 heterocycles. The van der Waals surface area contributed by atoms with Crippen molar-refractivity contribution in [3.05, 3.63) is 93.5 Å². The van der Waals surface area contributed by atoms with E-state index in [0.717, 1.165) is 16.8 Å². The Morgan fingerprint density at radius 1 is 1.03 bits per heavy atom. The molecule has 3 N–H and O–H groups in total. The first-order chi connectivity index (χ1) is 15.5. The van der Waals surface area contributed by atoms with Gasteiger partial charge in [-0.25, -0.2) is 4.99 Å². The molecule has 0 spiro atoms. The lowest BCUT2D eigenvalue weighted by Gasteiger charge is -2.17. The SMILES string of the molecule is O=C1CCc2cc(N=C(c3ccccc3)c3c(O)[nH]c4ccc([N+](=O)[O-])cc34)ccc2N1. The van der Waals surface area contributed by atoms with Gasteiger partial charge < -0.3 is 15.4 Å². The van der Waals surface area contributed by atoms with Gasteiger partial charge in [0.1, 0.15) is 0 Å². The number of carbonyl (C=O) groups is 1. The van der Waals surface area contributed by atoms with Crippen LogP contribution < -0.4 is 5.32 Å². The van der Waals surface area contributed by atoms with E-state index < -0.39 is 4.92 Å². The van der Waals surface area contributed by atoms with Crippen molar-refractivity contribution in [3.63, 3.8) is 0 Å². The highest BCUT2D eigenvalue weighted by Gasteiger charge is 2.21. The van der Waals surface area contributed by atoms with Crippen molar-refractivity contribution in [1.82, 2.24) is 4.98 Å². The minimum Gasteiger partial charge on any atom is -0.494 e. The van der Waals surface area contributed by atoms with E-state index in [-0.39, 0.29) is 17.5 Å². The number of carbonyl (C=O) groups excluding carboxylic acids is 1. The van der Waals surface area contributed by atoms with Crippen molar-refractivity contribution < 1.29 is 14.8 Å². The zero-order valence-electron chi connectivity index (χ0n) is 16.8. The Labute approximate surface area is 182 Å². The molecule has 0 saturated heterocycles. The highest BCUT2D eigenvalue weighted by molar-refractivity contribution is 6.22. The maximum atomic E-state index is 11.6. The summed E-state index contributed by atoms with van der Waals surface area (Å²) in [6.45, 7) is 0. The van der Waals surface area contributed by atoms with Crippen LogP contribution in [0.25, 0.3) is 10.9 Å². The van der Waals surface area contributed by atoms with Crippen molar-refractivity contribution in [2.45, 2.75) is 12.8 Å². The van der Waals surface area contributed by atoms with Crippen LogP contribution in [0.5, 0.6) is 5.88 Å². The number of aromatic nitrogens is 1. The molecule has 0 fully saturated rings. The number of aliphatic imine (C=N–C) groups is 1. The molecule has 0 saturated carbocycles. The number of hydrogen-bond acceptors (Lipinski definition) is 5. The number of nitrogens with zero attached hydrogens (tertiary/aromatic N) is 2. The summed E-state index contributed by atoms with van der Waals surface area (Å²) in [5, 5.41) is 25.4. The van der Waals surface area contributed by atoms with E-state index in [1.54, 1.807) is 12.1 Å². The van der Waals surface area contributed by atoms with Gasteiger partial charge in [-0.1, -0.05) is 30.3 Å². The predicted octanol–water partition coefficient (Wildman–Crippen LogP) is 4.84. The monoisotopic (exact) mass is 426 g/mol. The second kappa shape index (κ2) is 7.66. The number of H-pyrrole nitrogens is 1. The third-order valence-corrected chi connectivity index (χ3v) is 5.48. The van der Waals surface area contributed by atoms with Crippen LogP contribution in [0.15, 0.2) is 71.7 Å². The fourth-order valence-corrected chi connectivity index (χ4v) is 3.95. The number of nitrogens with one attached hydrogen (secondary N) is 2. The van der Waals surface area contributed by atoms with E-state index in [4.69, 9.17) is 4.99 Å². The van der Waals surface area contributed by atoms with Crippen LogP contribution in [-0.2, 0) is 11.2 Å². The lowest BCUT2D eigenvalue weighted by Crippen LogP contribution is -2.18. The minimum absolute atomic E-state index is 0.0102. The topological polar surface area (TPSA) is 121 Å². The van der Waals surface area contributed by atoms with Crippen molar-refractivity contribution in [2.75, 3.05) is 5.32 Å². The number of benzene rings is 3. The largest absolute Gasteiger partial charge is 0.494 e. The molecule has 158 valence electrons. The number of aryl methyl sites for hydroxylation is 1. The molecular weight excluding hydrogens is 408 g/mol. The maximum Gasteiger partial charge on any atom is 0.270 e. The molecule has 8 heteroatoms. The first-order valence-corrected chi connectivity index (χ1v) is 10.1. The van der Waals surface area contributed by atoms with Crippen LogP contribution >= 0.6 is 0 Å². The number of hydrogen-bond donors (Lipinski definition) is 3. The molecule has 1 aromatic heterocycles. The Balaban J connectivity index is 1.72. The molecule has 0 aliphatic carbocycles. The van der Waals surface area contributed by atoms with E-state index in [9.17, 15) is 20.0 Å². The molecule has 1 aliphatic rings. The van der Waals surface area contributed by atoms with E-state index in [2.05, 4.69) is 10.3 Å². The maximum absolute atomic E-state index is 11.6. The quantitative estimate of drug-likeness (QED) is 0.246. The van der Waals surface area contributed by atoms with Gasteiger partial charge in [0, 0.05) is 40.7 Å². The van der Waals surface area contributed by atoms with Gasteiger partial charge >= 0.3 is 0 Å². The molecular formula is C24H18N4O4. The number of nitro benzene ring substituents is 1. The van der Waals surface area contributed by atoms with Crippen LogP contribution in [0.2, 0.25) is 0 Å². The molecule has 8 nitrogen and oxygen atoms in total. The number of anilines is 1. The second-order valence-electron chi connectivity index (χ2n) is 7.55. The van der Waals surface area contributed by atoms with Gasteiger partial charge in [-0.15, -0.1) is 0 Å². The normalized spacial score (nSPS) is 13.6. The molecule has 1 aliphatic heterocycles. The van der Waals surface area contributed by atoms with Gasteiger partial charge in [0.2, 0.25) is 5.91 Å². The average Bonchev–Trinajstić information content (AvgIpc) is 3.12. The molecule has 5 rings (SSSR count). The van der Waals surface area contributed by atoms with Gasteiger partial charge in [0.05, 0.1) is 21.9 Å². The molecule has 32 heavy (non-hydrogen) atoms. The van der Waals surface area contributed by atoms with E-state index >= 15 is 0 Å². The summed E-state index contributed by atoms with van der Waals surface area (Å²) in [5.41, 5.74) is 4.52. The van der Waals surface area contributed by atoms with E-state index in [1.807, 2.05) is 42.5 Å². The fourth-order valence-electron chi connectivity index (χ4n) is 3.95. The molecule has 0 radical (unpaired) electrons. The summed E-state index contributed by atoms with van der Waals surface area (Å²) >= 11 is 0. The van der Waals surface area contributed by atoms with Crippen molar-refractivity contribution >= 4 is 39.6 Å². The third kappa shape index (κ3) is 3.47. The van der Waals surface area contributed by atoms with Gasteiger partial charge in [0.15, 0.2) is 5.88 Å². The van der Waals surface area contributed by atoms with Crippen molar-refractivity contribution in [2.24, 2.45) is 4.99 Å². The summed E-state index contributed by atoms with van der Waals surface area (Å²) in [5.74, 6) is -0.127. The zero-order chi connectivity index (χ0) is 22.2. The summed E-state index contributed by atoms with van der Waals surface area (Å²) in [6.07, 6.45) is 1.04. The smallest absolute Gasteiger partial charge is 0.270 e. The Morgan fingerprint density at radius 2 is 1.84 bits per heavy atom. The molecule has 1 amide bonds. The van der Waals surface area contributed by atoms with Gasteiger partial charge in [-0.2, -0.15) is 0 Å². The highest BCUT2D eigenvalue weighted by atomic mass is 16.6. The molecule has 0 bridgehead atoms. The number of rotatable bonds is 4. The summed E-state index contributed by atoms with van der Waals surface area (Å²) in [7, 11) is 0. The summed E-state index contributed by atoms with van der Waals surface area (Å²) in [4.78, 5) is 30.2. The van der Waals surface area contributed by atoms with Crippen molar-refractivity contribution in [3.8, 4) is 5.88 Å². The highest BCUT2D eigenvalue weighted by Crippen LogP contribution is 2.34. The van der Waals surface area contributed by atoms with E-state index in [0.29, 0.717) is 40.7 Å². The number of nitro groups is 1. The predicted molar refractivity (Wildman–Crippen MR) is 122 cm³/mol. The van der Waals surface area contributed by atoms with Crippen LogP contribution in [0.1, 0.15) is 23.1 Å². The number of non-ortho nitro benzene ring substituents is 1. The minimum atomic E-state index is -0.468. The summed E-state index contributed by atoms with van der Waals surface area (Å²) < 4.78 is 0. The molecule has 0 atom stereocenters. The molecule has 3 aromatic carbocycles. The first-order valence-electron chi connectivity index (χ1n) is 10.1. The lowest BCUT2D eigenvalue weighted by atomic mass is 9.99. The van der Waals surface area contributed by atoms with Crippen LogP contribution in [0.3, 0.4) is 0 Å². The lowest BCUT2D eigenvalue weighted by molar-refractivity contribution is -0.384. The van der Waals surface area contributed by atoms with Crippen molar-refractivity contribution in [1.29, 1.82) is 0 Å². The number of aromatic hydroxyl groups is 1. The third-order valence-electron chi connectivity index (χ3n) is 5.48. The average molecular weight is 426 g/mol. The standard InChI is InChI=1S/C24H18N4O4/c29-21-11-6-15-12-16(7-9-19(15)26-21)25-23(14-4-2-1-3-5-14)22-18-13-17(28(31)32)8-10-20(18)27-24(22)30/h1-5,7-10,12-13,27,30H,6,11H2,(H,26,29). The Bertz CT molecular complexity index is 1410. The van der Waals surface area contributed by atoms with Gasteiger partial charge in [0.25, 0.3) is 5.69 Å². The van der Waals surface area contributed by atoms with Gasteiger partial charge in [-0.05, 0) is 36.2 Å².